The van der Waals surface area contributed by atoms with Crippen LogP contribution in [0.5, 0.6) is 11.5 Å². The van der Waals surface area contributed by atoms with E-state index in [1.165, 1.54) is 6.21 Å². The Kier molecular flexibility index (Phi) is 6.56. The topological polar surface area (TPSA) is 95.0 Å². The first-order valence-electron chi connectivity index (χ1n) is 10.1. The third kappa shape index (κ3) is 5.48. The van der Waals surface area contributed by atoms with Crippen molar-refractivity contribution < 1.29 is 14.6 Å². The summed E-state index contributed by atoms with van der Waals surface area (Å²) in [5.74, 6) is 0.636. The summed E-state index contributed by atoms with van der Waals surface area (Å²) in [6, 6.07) is 24.2. The van der Waals surface area contributed by atoms with Gasteiger partial charge < -0.3 is 9.84 Å². The van der Waals surface area contributed by atoms with Gasteiger partial charge in [-0.3, -0.25) is 4.79 Å². The molecule has 0 spiro atoms. The average Bonchev–Trinajstić information content (AvgIpc) is 3.30. The van der Waals surface area contributed by atoms with E-state index in [1.807, 2.05) is 54.6 Å². The first-order chi connectivity index (χ1) is 15.2. The summed E-state index contributed by atoms with van der Waals surface area (Å²) >= 11 is 0. The molecule has 7 nitrogen and oxygen atoms in total. The number of phenols is 1. The monoisotopic (exact) mass is 416 g/mol. The van der Waals surface area contributed by atoms with Crippen LogP contribution in [0.4, 0.5) is 0 Å². The van der Waals surface area contributed by atoms with Crippen molar-refractivity contribution in [1.29, 1.82) is 0 Å². The molecule has 0 aliphatic carbocycles. The van der Waals surface area contributed by atoms with Gasteiger partial charge in [-0.2, -0.15) is 5.10 Å². The number of amides is 1. The summed E-state index contributed by atoms with van der Waals surface area (Å²) in [5.41, 5.74) is 11.4. The summed E-state index contributed by atoms with van der Waals surface area (Å²) in [6.45, 7) is 0.501. The van der Waals surface area contributed by atoms with Crippen LogP contribution in [0.25, 0.3) is 0 Å². The van der Waals surface area contributed by atoms with Gasteiger partial charge in [-0.25, -0.2) is 16.3 Å². The third-order valence-electron chi connectivity index (χ3n) is 5.04. The van der Waals surface area contributed by atoms with Crippen molar-refractivity contribution in [1.82, 2.24) is 16.3 Å². The van der Waals surface area contributed by atoms with Crippen LogP contribution in [0.1, 0.15) is 29.2 Å². The summed E-state index contributed by atoms with van der Waals surface area (Å²) in [6.07, 6.45) is 1.99. The predicted octanol–water partition coefficient (Wildman–Crippen LogP) is 3.03. The molecule has 2 unspecified atom stereocenters. The molecule has 7 heteroatoms. The van der Waals surface area contributed by atoms with Gasteiger partial charge in [-0.05, 0) is 41.8 Å². The van der Waals surface area contributed by atoms with Crippen LogP contribution in [0.15, 0.2) is 84.0 Å². The normalized spacial score (nSPS) is 18.2. The molecule has 3 aromatic rings. The van der Waals surface area contributed by atoms with Crippen LogP contribution >= 0.6 is 0 Å². The number of hydrazine groups is 1. The molecule has 4 rings (SSSR count). The van der Waals surface area contributed by atoms with Crippen LogP contribution in [0, 0.1) is 0 Å². The third-order valence-corrected chi connectivity index (χ3v) is 5.04. The number of carbonyl (C=O) groups excluding carboxylic acids is 1. The highest BCUT2D eigenvalue weighted by Gasteiger charge is 2.30. The Balaban J connectivity index is 1.31. The summed E-state index contributed by atoms with van der Waals surface area (Å²) in [4.78, 5) is 12.4. The van der Waals surface area contributed by atoms with E-state index in [-0.39, 0.29) is 17.7 Å². The molecule has 31 heavy (non-hydrogen) atoms. The highest BCUT2D eigenvalue weighted by atomic mass is 16.5. The minimum atomic E-state index is -0.430. The lowest BCUT2D eigenvalue weighted by atomic mass is 10.0. The molecule has 4 N–H and O–H groups in total. The number of benzene rings is 3. The van der Waals surface area contributed by atoms with Gasteiger partial charge in [0.05, 0.1) is 6.21 Å². The van der Waals surface area contributed by atoms with Crippen molar-refractivity contribution in [2.24, 2.45) is 5.10 Å². The maximum Gasteiger partial charge on any atom is 0.258 e. The molecular formula is C24H24N4O3. The lowest BCUT2D eigenvalue weighted by Gasteiger charge is -2.12. The minimum absolute atomic E-state index is 0.0295. The van der Waals surface area contributed by atoms with Crippen molar-refractivity contribution in [2.45, 2.75) is 25.1 Å². The minimum Gasteiger partial charge on any atom is -0.507 e. The Morgan fingerprint density at radius 2 is 1.87 bits per heavy atom. The molecular weight excluding hydrogens is 392 g/mol. The van der Waals surface area contributed by atoms with Gasteiger partial charge >= 0.3 is 0 Å². The molecule has 2 atom stereocenters. The lowest BCUT2D eigenvalue weighted by molar-refractivity contribution is -0.122. The van der Waals surface area contributed by atoms with Gasteiger partial charge in [0.2, 0.25) is 0 Å². The largest absolute Gasteiger partial charge is 0.507 e. The van der Waals surface area contributed by atoms with Crippen LogP contribution in [-0.4, -0.2) is 23.3 Å². The van der Waals surface area contributed by atoms with Crippen molar-refractivity contribution in [3.8, 4) is 11.5 Å². The Morgan fingerprint density at radius 1 is 1.06 bits per heavy atom. The van der Waals surface area contributed by atoms with Crippen LogP contribution in [-0.2, 0) is 11.4 Å². The molecule has 0 aromatic heterocycles. The van der Waals surface area contributed by atoms with Gasteiger partial charge in [0.25, 0.3) is 5.91 Å². The fraction of sp³-hybridized carbons (Fsp3) is 0.167. The number of hydrogen-bond donors (Lipinski definition) is 4. The van der Waals surface area contributed by atoms with Crippen molar-refractivity contribution in [2.75, 3.05) is 0 Å². The SMILES string of the molecule is O=C(N/N=C/c1ccccc1O)C1CC(c2cccc(OCc3ccccc3)c2)NN1. The molecule has 1 saturated heterocycles. The first-order valence-corrected chi connectivity index (χ1v) is 10.1. The number of carbonyl (C=O) groups is 1. The summed E-state index contributed by atoms with van der Waals surface area (Å²) < 4.78 is 5.90. The van der Waals surface area contributed by atoms with E-state index in [9.17, 15) is 9.90 Å². The fourth-order valence-electron chi connectivity index (χ4n) is 3.35. The zero-order chi connectivity index (χ0) is 21.5. The lowest BCUT2D eigenvalue weighted by Crippen LogP contribution is -2.41. The number of rotatable bonds is 7. The maximum atomic E-state index is 12.4. The zero-order valence-corrected chi connectivity index (χ0v) is 16.9. The average molecular weight is 416 g/mol. The number of para-hydroxylation sites is 1. The zero-order valence-electron chi connectivity index (χ0n) is 16.9. The van der Waals surface area contributed by atoms with Gasteiger partial charge in [-0.1, -0.05) is 54.6 Å². The van der Waals surface area contributed by atoms with Crippen LogP contribution < -0.4 is 21.0 Å². The molecule has 1 amide bonds. The molecule has 1 heterocycles. The Labute approximate surface area is 180 Å². The van der Waals surface area contributed by atoms with E-state index in [0.29, 0.717) is 18.6 Å². The summed E-state index contributed by atoms with van der Waals surface area (Å²) in [7, 11) is 0. The molecule has 1 fully saturated rings. The smallest absolute Gasteiger partial charge is 0.258 e. The number of aromatic hydroxyl groups is 1. The van der Waals surface area contributed by atoms with Crippen molar-refractivity contribution in [3.05, 3.63) is 95.6 Å². The van der Waals surface area contributed by atoms with Gasteiger partial charge in [0.1, 0.15) is 24.1 Å². The molecule has 1 aliphatic rings. The highest BCUT2D eigenvalue weighted by Crippen LogP contribution is 2.26. The first kappa shape index (κ1) is 20.6. The number of hydrogen-bond acceptors (Lipinski definition) is 6. The Bertz CT molecular complexity index is 1060. The van der Waals surface area contributed by atoms with Gasteiger partial charge in [-0.15, -0.1) is 0 Å². The molecule has 158 valence electrons. The second kappa shape index (κ2) is 9.88. The van der Waals surface area contributed by atoms with E-state index in [0.717, 1.165) is 16.9 Å². The molecule has 0 bridgehead atoms. The number of nitrogens with one attached hydrogen (secondary N) is 3. The number of ether oxygens (including phenoxy) is 1. The quantitative estimate of drug-likeness (QED) is 0.351. The van der Waals surface area contributed by atoms with Crippen molar-refractivity contribution in [3.63, 3.8) is 0 Å². The van der Waals surface area contributed by atoms with E-state index in [4.69, 9.17) is 4.74 Å². The number of phenolic OH excluding ortho intramolecular Hbond substituents is 1. The predicted molar refractivity (Wildman–Crippen MR) is 118 cm³/mol. The van der Waals surface area contributed by atoms with Crippen LogP contribution in [0.2, 0.25) is 0 Å². The van der Waals surface area contributed by atoms with E-state index >= 15 is 0 Å². The number of nitrogens with zero attached hydrogens (tertiary/aromatic N) is 1. The number of hydrazone groups is 1. The summed E-state index contributed by atoms with van der Waals surface area (Å²) in [5, 5.41) is 13.7. The van der Waals surface area contributed by atoms with Gasteiger partial charge in [0, 0.05) is 11.6 Å². The second-order valence-electron chi connectivity index (χ2n) is 7.27. The molecule has 0 saturated carbocycles. The van der Waals surface area contributed by atoms with E-state index in [1.54, 1.807) is 24.3 Å². The second-order valence-corrected chi connectivity index (χ2v) is 7.27. The van der Waals surface area contributed by atoms with E-state index in [2.05, 4.69) is 21.4 Å². The van der Waals surface area contributed by atoms with Crippen molar-refractivity contribution >= 4 is 12.1 Å². The standard InChI is InChI=1S/C24H24N4O3/c29-23-12-5-4-9-19(23)15-25-28-24(30)22-14-21(26-27-22)18-10-6-11-20(13-18)31-16-17-7-2-1-3-8-17/h1-13,15,21-22,26-27,29H,14,16H2,(H,28,30)/b25-15+. The van der Waals surface area contributed by atoms with Crippen LogP contribution in [0.3, 0.4) is 0 Å². The fourth-order valence-corrected chi connectivity index (χ4v) is 3.35. The van der Waals surface area contributed by atoms with E-state index < -0.39 is 6.04 Å². The molecule has 3 aromatic carbocycles. The Hall–Kier alpha value is -3.68. The highest BCUT2D eigenvalue weighted by molar-refractivity contribution is 5.86. The Morgan fingerprint density at radius 3 is 2.71 bits per heavy atom. The van der Waals surface area contributed by atoms with Gasteiger partial charge in [0.15, 0.2) is 0 Å². The molecule has 0 radical (unpaired) electrons. The maximum absolute atomic E-state index is 12.4. The molecule has 1 aliphatic heterocycles.